The first kappa shape index (κ1) is 35.8. The molecule has 2 atom stereocenters. The molecule has 0 saturated carbocycles. The van der Waals surface area contributed by atoms with Crippen LogP contribution in [0.4, 0.5) is 0 Å². The molecule has 4 aliphatic rings. The van der Waals surface area contributed by atoms with E-state index in [0.29, 0.717) is 17.9 Å². The quantitative estimate of drug-likeness (QED) is 0.326. The SMILES string of the molecule is CC(C)N1CCN(C(C(=O)C(c2cc(CN3CCCCC3)cn2C)N2CCN(C(C)C)CC2)c2cc(CN3CCCCC3)cn2C)CC1. The molecule has 4 saturated heterocycles. The van der Waals surface area contributed by atoms with Crippen molar-refractivity contribution >= 4 is 5.78 Å². The van der Waals surface area contributed by atoms with Gasteiger partial charge in [-0.05, 0) is 103 Å². The molecule has 9 heteroatoms. The van der Waals surface area contributed by atoms with Crippen LogP contribution in [-0.2, 0) is 32.0 Å². The highest BCUT2D eigenvalue weighted by Crippen LogP contribution is 2.35. The summed E-state index contributed by atoms with van der Waals surface area (Å²) in [6, 6.07) is 5.28. The van der Waals surface area contributed by atoms with Gasteiger partial charge in [0.05, 0.1) is 0 Å². The maximum Gasteiger partial charge on any atom is 0.179 e. The Morgan fingerprint density at radius 3 is 1.19 bits per heavy atom. The van der Waals surface area contributed by atoms with Gasteiger partial charge >= 0.3 is 0 Å². The summed E-state index contributed by atoms with van der Waals surface area (Å²) in [5.74, 6) is 0.349. The summed E-state index contributed by atoms with van der Waals surface area (Å²) in [6.45, 7) is 23.6. The number of Topliss-reactive ketones (excluding diaryl/α,β-unsaturated/α-hetero) is 1. The van der Waals surface area contributed by atoms with Gasteiger partial charge in [-0.25, -0.2) is 0 Å². The summed E-state index contributed by atoms with van der Waals surface area (Å²) >= 11 is 0. The minimum atomic E-state index is -0.270. The maximum absolute atomic E-state index is 15.6. The number of piperazine rings is 2. The van der Waals surface area contributed by atoms with Crippen LogP contribution >= 0.6 is 0 Å². The first-order valence-electron chi connectivity index (χ1n) is 19.4. The highest BCUT2D eigenvalue weighted by atomic mass is 16.1. The lowest BCUT2D eigenvalue weighted by atomic mass is 9.94. The molecule has 4 aliphatic heterocycles. The van der Waals surface area contributed by atoms with Crippen molar-refractivity contribution in [2.45, 2.75) is 103 Å². The van der Waals surface area contributed by atoms with Crippen molar-refractivity contribution in [1.82, 2.24) is 38.5 Å². The molecule has 0 aliphatic carbocycles. The Labute approximate surface area is 291 Å². The predicted molar refractivity (Wildman–Crippen MR) is 196 cm³/mol. The fourth-order valence-corrected chi connectivity index (χ4v) is 8.97. The molecule has 0 spiro atoms. The molecule has 2 aromatic rings. The number of rotatable bonds is 12. The summed E-state index contributed by atoms with van der Waals surface area (Å²) in [4.78, 5) is 31.0. The lowest BCUT2D eigenvalue weighted by Crippen LogP contribution is -2.55. The molecule has 0 N–H and O–H groups in total. The van der Waals surface area contributed by atoms with E-state index >= 15 is 4.79 Å². The number of carbonyl (C=O) groups is 1. The smallest absolute Gasteiger partial charge is 0.179 e. The Morgan fingerprint density at radius 2 is 0.854 bits per heavy atom. The fraction of sp³-hybridized carbons (Fsp3) is 0.769. The first-order valence-corrected chi connectivity index (χ1v) is 19.4. The minimum absolute atomic E-state index is 0.270. The minimum Gasteiger partial charge on any atom is -0.352 e. The van der Waals surface area contributed by atoms with Gasteiger partial charge in [0.25, 0.3) is 0 Å². The Kier molecular flexibility index (Phi) is 12.2. The Balaban J connectivity index is 1.34. The third kappa shape index (κ3) is 8.47. The van der Waals surface area contributed by atoms with Crippen molar-refractivity contribution in [3.05, 3.63) is 47.0 Å². The summed E-state index contributed by atoms with van der Waals surface area (Å²) in [5, 5.41) is 0. The molecule has 2 aromatic heterocycles. The Bertz CT molecular complexity index is 1200. The molecular formula is C39H66N8O. The predicted octanol–water partition coefficient (Wildman–Crippen LogP) is 4.74. The number of carbonyl (C=O) groups excluding carboxylic acids is 1. The van der Waals surface area contributed by atoms with E-state index < -0.39 is 0 Å². The highest BCUT2D eigenvalue weighted by Gasteiger charge is 2.41. The molecule has 268 valence electrons. The van der Waals surface area contributed by atoms with Crippen LogP contribution in [0.2, 0.25) is 0 Å². The number of nitrogens with zero attached hydrogens (tertiary/aromatic N) is 8. The summed E-state index contributed by atoms with van der Waals surface area (Å²) in [5.41, 5.74) is 5.02. The monoisotopic (exact) mass is 663 g/mol. The largest absolute Gasteiger partial charge is 0.352 e. The third-order valence-corrected chi connectivity index (χ3v) is 11.9. The van der Waals surface area contributed by atoms with Gasteiger partial charge in [-0.2, -0.15) is 0 Å². The number of piperidine rings is 2. The molecule has 0 bridgehead atoms. The van der Waals surface area contributed by atoms with Crippen molar-refractivity contribution in [3.63, 3.8) is 0 Å². The number of ketones is 1. The first-order chi connectivity index (χ1) is 23.2. The van der Waals surface area contributed by atoms with Crippen LogP contribution in [0.25, 0.3) is 0 Å². The topological polar surface area (TPSA) is 46.4 Å². The van der Waals surface area contributed by atoms with Crippen molar-refractivity contribution in [2.24, 2.45) is 14.1 Å². The number of hydrogen-bond donors (Lipinski definition) is 0. The number of aryl methyl sites for hydroxylation is 2. The second-order valence-corrected chi connectivity index (χ2v) is 16.0. The summed E-state index contributed by atoms with van der Waals surface area (Å²) in [7, 11) is 4.35. The van der Waals surface area contributed by atoms with Crippen LogP contribution < -0.4 is 0 Å². The lowest BCUT2D eigenvalue weighted by molar-refractivity contribution is -0.132. The van der Waals surface area contributed by atoms with E-state index in [1.807, 2.05) is 0 Å². The van der Waals surface area contributed by atoms with Crippen LogP contribution in [0.15, 0.2) is 24.5 Å². The van der Waals surface area contributed by atoms with Gasteiger partial charge in [0, 0.05) is 115 Å². The highest BCUT2D eigenvalue weighted by molar-refractivity contribution is 5.90. The van der Waals surface area contributed by atoms with E-state index in [0.717, 1.165) is 65.4 Å². The summed E-state index contributed by atoms with van der Waals surface area (Å²) < 4.78 is 4.58. The van der Waals surface area contributed by atoms with Crippen molar-refractivity contribution in [1.29, 1.82) is 0 Å². The molecule has 0 aromatic carbocycles. The van der Waals surface area contributed by atoms with Crippen molar-refractivity contribution in [3.8, 4) is 0 Å². The fourth-order valence-electron chi connectivity index (χ4n) is 8.97. The second kappa shape index (κ2) is 16.3. The zero-order valence-electron chi connectivity index (χ0n) is 31.2. The molecular weight excluding hydrogens is 596 g/mol. The third-order valence-electron chi connectivity index (χ3n) is 11.9. The van der Waals surface area contributed by atoms with Gasteiger partial charge in [0.15, 0.2) is 5.78 Å². The number of hydrogen-bond acceptors (Lipinski definition) is 7. The summed E-state index contributed by atoms with van der Waals surface area (Å²) in [6.07, 6.45) is 12.5. The Morgan fingerprint density at radius 1 is 0.521 bits per heavy atom. The maximum atomic E-state index is 15.6. The van der Waals surface area contributed by atoms with Gasteiger partial charge in [0.1, 0.15) is 12.1 Å². The van der Waals surface area contributed by atoms with Crippen LogP contribution in [0.3, 0.4) is 0 Å². The van der Waals surface area contributed by atoms with Crippen molar-refractivity contribution < 1.29 is 4.79 Å². The van der Waals surface area contributed by atoms with E-state index in [2.05, 4.69) is 105 Å². The molecule has 6 rings (SSSR count). The number of likely N-dealkylation sites (tertiary alicyclic amines) is 2. The van der Waals surface area contributed by atoms with E-state index in [9.17, 15) is 0 Å². The number of aromatic nitrogens is 2. The van der Waals surface area contributed by atoms with Crippen LogP contribution in [-0.4, -0.2) is 135 Å². The molecule has 0 radical (unpaired) electrons. The van der Waals surface area contributed by atoms with Crippen LogP contribution in [0, 0.1) is 0 Å². The van der Waals surface area contributed by atoms with Gasteiger partial charge < -0.3 is 9.13 Å². The Hall–Kier alpha value is -2.01. The van der Waals surface area contributed by atoms with Crippen LogP contribution in [0.5, 0.6) is 0 Å². The van der Waals surface area contributed by atoms with Crippen LogP contribution in [0.1, 0.15) is 101 Å². The zero-order chi connectivity index (χ0) is 33.8. The molecule has 4 fully saturated rings. The van der Waals surface area contributed by atoms with Crippen molar-refractivity contribution in [2.75, 3.05) is 78.5 Å². The van der Waals surface area contributed by atoms with E-state index in [4.69, 9.17) is 0 Å². The second-order valence-electron chi connectivity index (χ2n) is 16.0. The average molecular weight is 663 g/mol. The molecule has 9 nitrogen and oxygen atoms in total. The molecule has 48 heavy (non-hydrogen) atoms. The van der Waals surface area contributed by atoms with E-state index in [1.165, 1.54) is 87.2 Å². The molecule has 0 amide bonds. The average Bonchev–Trinajstić information content (AvgIpc) is 3.62. The molecule has 2 unspecified atom stereocenters. The lowest BCUT2D eigenvalue weighted by Gasteiger charge is -2.44. The molecule has 6 heterocycles. The van der Waals surface area contributed by atoms with E-state index in [-0.39, 0.29) is 12.1 Å². The zero-order valence-corrected chi connectivity index (χ0v) is 31.2. The van der Waals surface area contributed by atoms with Gasteiger partial charge in [-0.15, -0.1) is 0 Å². The normalized spacial score (nSPS) is 23.3. The standard InChI is InChI=1S/C39H66N8O/c1-31(2)44-17-21-46(22-18-44)37(35-25-33(27-40(35)5)29-42-13-9-7-10-14-42)39(48)38(47-23-19-45(20-24-47)32(3)4)36-26-34(28-41(36)6)30-43-15-11-8-12-16-43/h25-28,31-32,37-38H,7-24,29-30H2,1-6H3. The van der Waals surface area contributed by atoms with Gasteiger partial charge in [-0.3, -0.25) is 34.2 Å². The van der Waals surface area contributed by atoms with Gasteiger partial charge in [0.2, 0.25) is 0 Å². The van der Waals surface area contributed by atoms with E-state index in [1.54, 1.807) is 0 Å². The van der Waals surface area contributed by atoms with Gasteiger partial charge in [-0.1, -0.05) is 12.8 Å².